The first-order valence-corrected chi connectivity index (χ1v) is 14.5. The number of Topliss-reactive ketones (excluding diaryl/α,β-unsaturated/α-hetero) is 1. The SMILES string of the molecule is CC.CC.CC(=O)C1CCC(c2nc(/C(C)=C/c3cccc(-c4ccc(F)cc4)c3C)c3c(N)nccn23)CC1. The van der Waals surface area contributed by atoms with Gasteiger partial charge in [-0.05, 0) is 92.5 Å². The summed E-state index contributed by atoms with van der Waals surface area (Å²) in [6, 6.07) is 12.7. The smallest absolute Gasteiger partial charge is 0.150 e. The first kappa shape index (κ1) is 30.7. The quantitative estimate of drug-likeness (QED) is 0.273. The topological polar surface area (TPSA) is 73.3 Å². The van der Waals surface area contributed by atoms with Crippen LogP contribution in [0.3, 0.4) is 0 Å². The lowest BCUT2D eigenvalue weighted by molar-refractivity contribution is -0.121. The molecule has 2 N–H and O–H groups in total. The zero-order valence-electron chi connectivity index (χ0n) is 25.0. The van der Waals surface area contributed by atoms with Crippen molar-refractivity contribution in [3.8, 4) is 11.1 Å². The molecule has 1 aliphatic carbocycles. The summed E-state index contributed by atoms with van der Waals surface area (Å²) in [7, 11) is 0. The number of aromatic nitrogens is 3. The van der Waals surface area contributed by atoms with Gasteiger partial charge in [0.25, 0.3) is 0 Å². The molecule has 6 heteroatoms. The number of ketones is 1. The van der Waals surface area contributed by atoms with Crippen molar-refractivity contribution in [1.82, 2.24) is 14.4 Å². The van der Waals surface area contributed by atoms with Gasteiger partial charge in [-0.15, -0.1) is 0 Å². The van der Waals surface area contributed by atoms with Crippen LogP contribution in [0.25, 0.3) is 28.3 Å². The van der Waals surface area contributed by atoms with Gasteiger partial charge in [0.05, 0.1) is 5.69 Å². The molecule has 212 valence electrons. The second-order valence-corrected chi connectivity index (χ2v) is 9.86. The lowest BCUT2D eigenvalue weighted by Gasteiger charge is -2.26. The molecule has 1 fully saturated rings. The molecule has 0 amide bonds. The highest BCUT2D eigenvalue weighted by Gasteiger charge is 2.29. The van der Waals surface area contributed by atoms with Crippen molar-refractivity contribution >= 4 is 28.8 Å². The number of nitrogens with two attached hydrogens (primary N) is 1. The van der Waals surface area contributed by atoms with E-state index in [2.05, 4.69) is 41.4 Å². The first-order chi connectivity index (χ1) is 19.3. The Morgan fingerprint density at radius 1 is 1.00 bits per heavy atom. The second-order valence-electron chi connectivity index (χ2n) is 9.86. The van der Waals surface area contributed by atoms with Crippen LogP contribution < -0.4 is 5.73 Å². The summed E-state index contributed by atoms with van der Waals surface area (Å²) < 4.78 is 15.5. The van der Waals surface area contributed by atoms with Crippen molar-refractivity contribution in [1.29, 1.82) is 0 Å². The highest BCUT2D eigenvalue weighted by molar-refractivity contribution is 5.90. The van der Waals surface area contributed by atoms with Crippen LogP contribution in [0.1, 0.15) is 95.8 Å². The molecule has 0 aliphatic heterocycles. The van der Waals surface area contributed by atoms with Crippen molar-refractivity contribution in [3.05, 3.63) is 83.3 Å². The van der Waals surface area contributed by atoms with Gasteiger partial charge in [-0.1, -0.05) is 58.0 Å². The summed E-state index contributed by atoms with van der Waals surface area (Å²) in [5, 5.41) is 0. The summed E-state index contributed by atoms with van der Waals surface area (Å²) in [6.07, 6.45) is 9.45. The third-order valence-corrected chi connectivity index (χ3v) is 7.55. The van der Waals surface area contributed by atoms with Gasteiger partial charge in [0.1, 0.15) is 28.8 Å². The van der Waals surface area contributed by atoms with E-state index in [4.69, 9.17) is 10.7 Å². The normalized spacial score (nSPS) is 16.9. The number of halogens is 1. The van der Waals surface area contributed by atoms with Crippen LogP contribution in [0.2, 0.25) is 0 Å². The van der Waals surface area contributed by atoms with Crippen LogP contribution >= 0.6 is 0 Å². The van der Waals surface area contributed by atoms with Crippen molar-refractivity contribution in [2.45, 2.75) is 80.1 Å². The standard InChI is InChI=1S/C30H31FN4O.2C2H6/c1-18(17-24-5-4-6-26(19(24)2)22-11-13-25(31)14-12-22)27-28-29(32)33-15-16-35(28)30(34-27)23-9-7-21(8-10-23)20(3)36;2*1-2/h4-6,11-17,21,23H,7-10H2,1-3H3,(H2,32,33);2*1-2H3/b18-17+;;. The molecule has 0 spiro atoms. The third-order valence-electron chi connectivity index (χ3n) is 7.55. The summed E-state index contributed by atoms with van der Waals surface area (Å²) in [5.74, 6) is 1.92. The van der Waals surface area contributed by atoms with Crippen molar-refractivity contribution in [3.63, 3.8) is 0 Å². The number of rotatable bonds is 5. The molecule has 4 aromatic rings. The van der Waals surface area contributed by atoms with Gasteiger partial charge < -0.3 is 5.73 Å². The number of imidazole rings is 1. The number of benzene rings is 2. The van der Waals surface area contributed by atoms with Gasteiger partial charge in [0.2, 0.25) is 0 Å². The minimum absolute atomic E-state index is 0.164. The van der Waals surface area contributed by atoms with E-state index in [1.165, 1.54) is 12.1 Å². The largest absolute Gasteiger partial charge is 0.382 e. The summed E-state index contributed by atoms with van der Waals surface area (Å²) >= 11 is 0. The average molecular weight is 543 g/mol. The minimum Gasteiger partial charge on any atom is -0.382 e. The Bertz CT molecular complexity index is 1460. The Balaban J connectivity index is 0.00000106. The van der Waals surface area contributed by atoms with E-state index in [9.17, 15) is 9.18 Å². The van der Waals surface area contributed by atoms with Crippen molar-refractivity contribution < 1.29 is 9.18 Å². The van der Waals surface area contributed by atoms with Gasteiger partial charge in [-0.25, -0.2) is 14.4 Å². The van der Waals surface area contributed by atoms with E-state index in [0.717, 1.165) is 70.5 Å². The number of hydrogen-bond acceptors (Lipinski definition) is 4. The Morgan fingerprint density at radius 3 is 2.27 bits per heavy atom. The Kier molecular flexibility index (Phi) is 10.8. The predicted octanol–water partition coefficient (Wildman–Crippen LogP) is 8.90. The number of hydrogen-bond donors (Lipinski definition) is 1. The Morgan fingerprint density at radius 2 is 1.65 bits per heavy atom. The first-order valence-electron chi connectivity index (χ1n) is 14.5. The van der Waals surface area contributed by atoms with E-state index in [1.807, 2.05) is 40.0 Å². The maximum Gasteiger partial charge on any atom is 0.150 e. The minimum atomic E-state index is -0.244. The van der Waals surface area contributed by atoms with Crippen LogP contribution in [0.5, 0.6) is 0 Å². The number of fused-ring (bicyclic) bond motifs is 1. The van der Waals surface area contributed by atoms with Crippen LogP contribution in [0, 0.1) is 18.7 Å². The molecule has 0 saturated heterocycles. The third kappa shape index (κ3) is 6.49. The van der Waals surface area contributed by atoms with Crippen LogP contribution in [0.4, 0.5) is 10.2 Å². The van der Waals surface area contributed by atoms with Crippen LogP contribution in [-0.2, 0) is 4.79 Å². The second kappa shape index (κ2) is 14.0. The molecule has 1 aliphatic rings. The Hall–Kier alpha value is -3.80. The molecule has 5 rings (SSSR count). The number of nitrogens with zero attached hydrogens (tertiary/aromatic N) is 3. The summed E-state index contributed by atoms with van der Waals surface area (Å²) in [4.78, 5) is 21.3. The number of anilines is 1. The predicted molar refractivity (Wildman–Crippen MR) is 166 cm³/mol. The molecule has 0 radical (unpaired) electrons. The highest BCUT2D eigenvalue weighted by Crippen LogP contribution is 2.38. The fourth-order valence-electron chi connectivity index (χ4n) is 5.46. The Labute approximate surface area is 238 Å². The fourth-order valence-corrected chi connectivity index (χ4v) is 5.46. The van der Waals surface area contributed by atoms with Gasteiger partial charge >= 0.3 is 0 Å². The molecule has 0 bridgehead atoms. The summed E-state index contributed by atoms with van der Waals surface area (Å²) in [5.41, 5.74) is 13.2. The molecule has 0 unspecified atom stereocenters. The van der Waals surface area contributed by atoms with Gasteiger partial charge in [0, 0.05) is 24.2 Å². The zero-order valence-corrected chi connectivity index (χ0v) is 25.0. The maximum atomic E-state index is 13.4. The van der Waals surface area contributed by atoms with E-state index in [-0.39, 0.29) is 23.4 Å². The maximum absolute atomic E-state index is 13.4. The van der Waals surface area contributed by atoms with Crippen molar-refractivity contribution in [2.24, 2.45) is 5.92 Å². The van der Waals surface area contributed by atoms with Crippen LogP contribution in [0.15, 0.2) is 54.9 Å². The molecule has 0 atom stereocenters. The molecule has 2 aromatic heterocycles. The molecule has 2 heterocycles. The zero-order chi connectivity index (χ0) is 29.4. The molecular formula is C34H43FN4O. The molecule has 1 saturated carbocycles. The summed E-state index contributed by atoms with van der Waals surface area (Å²) in [6.45, 7) is 13.8. The number of carbonyl (C=O) groups excluding carboxylic acids is 1. The number of carbonyl (C=O) groups is 1. The van der Waals surface area contributed by atoms with E-state index in [0.29, 0.717) is 5.82 Å². The van der Waals surface area contributed by atoms with E-state index < -0.39 is 0 Å². The lowest BCUT2D eigenvalue weighted by Crippen LogP contribution is -2.20. The van der Waals surface area contributed by atoms with Crippen molar-refractivity contribution in [2.75, 3.05) is 5.73 Å². The van der Waals surface area contributed by atoms with E-state index in [1.54, 1.807) is 25.3 Å². The van der Waals surface area contributed by atoms with Gasteiger partial charge in [-0.3, -0.25) is 9.20 Å². The van der Waals surface area contributed by atoms with Crippen LogP contribution in [-0.4, -0.2) is 20.2 Å². The average Bonchev–Trinajstić information content (AvgIpc) is 3.38. The monoisotopic (exact) mass is 542 g/mol. The van der Waals surface area contributed by atoms with Gasteiger partial charge in [-0.2, -0.15) is 0 Å². The number of allylic oxidation sites excluding steroid dienone is 1. The lowest BCUT2D eigenvalue weighted by atomic mass is 9.80. The molecular weight excluding hydrogens is 499 g/mol. The highest BCUT2D eigenvalue weighted by atomic mass is 19.1. The molecule has 2 aromatic carbocycles. The number of nitrogen functional groups attached to an aromatic ring is 1. The van der Waals surface area contributed by atoms with Gasteiger partial charge in [0.15, 0.2) is 0 Å². The molecule has 40 heavy (non-hydrogen) atoms. The fraction of sp³-hybridized carbons (Fsp3) is 0.382. The molecule has 5 nitrogen and oxygen atoms in total. The van der Waals surface area contributed by atoms with E-state index >= 15 is 0 Å².